The quantitative estimate of drug-likeness (QED) is 0.591. The fourth-order valence-corrected chi connectivity index (χ4v) is 5.86. The summed E-state index contributed by atoms with van der Waals surface area (Å²) in [5.41, 5.74) is -0.406. The van der Waals surface area contributed by atoms with Gasteiger partial charge in [0, 0.05) is 0 Å². The van der Waals surface area contributed by atoms with E-state index in [0.29, 0.717) is 5.92 Å². The molecule has 3 rings (SSSR count). The van der Waals surface area contributed by atoms with E-state index in [-0.39, 0.29) is 23.4 Å². The van der Waals surface area contributed by atoms with Crippen molar-refractivity contribution in [3.8, 4) is 0 Å². The summed E-state index contributed by atoms with van der Waals surface area (Å²) in [6.07, 6.45) is -0.451. The topological polar surface area (TPSA) is 99.4 Å². The molecule has 10 atom stereocenters. The van der Waals surface area contributed by atoms with Gasteiger partial charge in [0.25, 0.3) is 0 Å². The molecule has 4 N–H and O–H groups in total. The number of hydrogen-bond acceptors (Lipinski definition) is 6. The summed E-state index contributed by atoms with van der Waals surface area (Å²) >= 11 is 0. The van der Waals surface area contributed by atoms with Crippen molar-refractivity contribution >= 4 is 0 Å². The van der Waals surface area contributed by atoms with Crippen molar-refractivity contribution in [3.05, 3.63) is 0 Å². The average molecular weight is 387 g/mol. The third kappa shape index (κ3) is 3.69. The Morgan fingerprint density at radius 3 is 2.26 bits per heavy atom. The first-order valence-electron chi connectivity index (χ1n) is 10.5. The van der Waals surface area contributed by atoms with E-state index in [9.17, 15) is 20.4 Å². The highest BCUT2D eigenvalue weighted by atomic mass is 16.7. The van der Waals surface area contributed by atoms with Gasteiger partial charge in [0.05, 0.1) is 17.8 Å². The Morgan fingerprint density at radius 1 is 0.926 bits per heavy atom. The second-order valence-electron chi connectivity index (χ2n) is 9.91. The van der Waals surface area contributed by atoms with Gasteiger partial charge in [-0.25, -0.2) is 0 Å². The van der Waals surface area contributed by atoms with Crippen LogP contribution in [0.25, 0.3) is 0 Å². The molecule has 6 nitrogen and oxygen atoms in total. The summed E-state index contributed by atoms with van der Waals surface area (Å²) in [6.45, 7) is 10.2. The third-order valence-corrected chi connectivity index (χ3v) is 8.16. The Morgan fingerprint density at radius 2 is 1.59 bits per heavy atom. The average Bonchev–Trinajstić information content (AvgIpc) is 3.07. The maximum Gasteiger partial charge on any atom is 0.187 e. The molecule has 0 radical (unpaired) electrons. The van der Waals surface area contributed by atoms with Gasteiger partial charge in [-0.1, -0.05) is 13.8 Å². The largest absolute Gasteiger partial charge is 0.393 e. The van der Waals surface area contributed by atoms with E-state index >= 15 is 0 Å². The van der Waals surface area contributed by atoms with Crippen LogP contribution in [-0.2, 0) is 9.47 Å². The van der Waals surface area contributed by atoms with E-state index in [1.54, 1.807) is 6.92 Å². The number of aliphatic hydroxyl groups excluding tert-OH is 4. The van der Waals surface area contributed by atoms with E-state index in [1.807, 2.05) is 13.8 Å². The van der Waals surface area contributed by atoms with Crippen molar-refractivity contribution in [3.63, 3.8) is 0 Å². The molecule has 3 aliphatic rings. The first-order valence-corrected chi connectivity index (χ1v) is 10.5. The molecule has 1 spiro atoms. The Labute approximate surface area is 162 Å². The van der Waals surface area contributed by atoms with Crippen LogP contribution in [0.2, 0.25) is 0 Å². The second-order valence-corrected chi connectivity index (χ2v) is 9.91. The lowest BCUT2D eigenvalue weighted by Gasteiger charge is -2.49. The molecule has 6 heteroatoms. The van der Waals surface area contributed by atoms with Crippen molar-refractivity contribution < 1.29 is 29.9 Å². The van der Waals surface area contributed by atoms with Crippen molar-refractivity contribution in [1.82, 2.24) is 0 Å². The highest BCUT2D eigenvalue weighted by Gasteiger charge is 2.55. The summed E-state index contributed by atoms with van der Waals surface area (Å²) in [5.74, 6) is 1.13. The molecule has 1 heterocycles. The van der Waals surface area contributed by atoms with E-state index < -0.39 is 36.3 Å². The normalized spacial score (nSPS) is 51.7. The molecule has 0 unspecified atom stereocenters. The van der Waals surface area contributed by atoms with Gasteiger partial charge in [0.1, 0.15) is 18.3 Å². The van der Waals surface area contributed by atoms with Crippen LogP contribution in [0, 0.1) is 23.2 Å². The number of hydrogen-bond donors (Lipinski definition) is 4. The van der Waals surface area contributed by atoms with Crippen LogP contribution < -0.4 is 0 Å². The first-order chi connectivity index (χ1) is 12.5. The van der Waals surface area contributed by atoms with Crippen molar-refractivity contribution in [2.75, 3.05) is 0 Å². The minimum absolute atomic E-state index is 0.137. The van der Waals surface area contributed by atoms with Crippen molar-refractivity contribution in [2.45, 2.75) is 109 Å². The molecule has 0 amide bonds. The van der Waals surface area contributed by atoms with Crippen LogP contribution in [0.4, 0.5) is 0 Å². The molecule has 0 aromatic rings. The van der Waals surface area contributed by atoms with Gasteiger partial charge in [-0.2, -0.15) is 0 Å². The SMILES string of the molecule is C[C@@H]1[C@@H](O)CC[C@H](C)[C@@]12CC[C@@H](C(C)(C)O[C@@H]1O[C@H](C)[C@H](O)[C@H](O)[C@H]1O)C2. The van der Waals surface area contributed by atoms with Gasteiger partial charge >= 0.3 is 0 Å². The third-order valence-electron chi connectivity index (χ3n) is 8.16. The molecule has 0 aromatic carbocycles. The fraction of sp³-hybridized carbons (Fsp3) is 1.00. The number of aliphatic hydroxyl groups is 4. The molecule has 0 bridgehead atoms. The van der Waals surface area contributed by atoms with E-state index in [1.165, 1.54) is 0 Å². The lowest BCUT2D eigenvalue weighted by Crippen LogP contribution is -2.59. The van der Waals surface area contributed by atoms with E-state index in [0.717, 1.165) is 32.1 Å². The minimum atomic E-state index is -1.28. The summed E-state index contributed by atoms with van der Waals surface area (Å²) in [6, 6.07) is 0. The smallest absolute Gasteiger partial charge is 0.187 e. The van der Waals surface area contributed by atoms with Crippen molar-refractivity contribution in [2.24, 2.45) is 23.2 Å². The summed E-state index contributed by atoms with van der Waals surface area (Å²) < 4.78 is 11.8. The molecular formula is C21H38O6. The molecule has 158 valence electrons. The molecule has 1 aliphatic heterocycles. The zero-order valence-corrected chi connectivity index (χ0v) is 17.3. The van der Waals surface area contributed by atoms with Crippen LogP contribution in [0.15, 0.2) is 0 Å². The fourth-order valence-electron chi connectivity index (χ4n) is 5.86. The predicted octanol–water partition coefficient (Wildman–Crippen LogP) is 1.82. The first kappa shape index (κ1) is 21.5. The standard InChI is InChI=1S/C21H38O6/c1-11-6-7-15(22)12(2)21(11)9-8-14(10-21)20(4,5)27-19-18(25)17(24)16(23)13(3)26-19/h11-19,22-25H,6-10H2,1-5H3/t11-,12+,13+,14+,15-,16-,17-,18+,19-,21-/m0/s1. The molecule has 2 aliphatic carbocycles. The summed E-state index contributed by atoms with van der Waals surface area (Å²) in [4.78, 5) is 0. The van der Waals surface area contributed by atoms with Gasteiger partial charge in [-0.05, 0) is 76.0 Å². The molecule has 3 fully saturated rings. The van der Waals surface area contributed by atoms with E-state index in [2.05, 4.69) is 13.8 Å². The maximum absolute atomic E-state index is 10.5. The summed E-state index contributed by atoms with van der Waals surface area (Å²) in [5, 5.41) is 40.7. The van der Waals surface area contributed by atoms with E-state index in [4.69, 9.17) is 9.47 Å². The van der Waals surface area contributed by atoms with Gasteiger partial charge in [0.15, 0.2) is 6.29 Å². The van der Waals surface area contributed by atoms with Crippen molar-refractivity contribution in [1.29, 1.82) is 0 Å². The Kier molecular flexibility index (Phi) is 6.00. The van der Waals surface area contributed by atoms with Crippen LogP contribution >= 0.6 is 0 Å². The van der Waals surface area contributed by atoms with Gasteiger partial charge < -0.3 is 29.9 Å². The Hall–Kier alpha value is -0.240. The summed E-state index contributed by atoms with van der Waals surface area (Å²) in [7, 11) is 0. The molecule has 2 saturated carbocycles. The zero-order chi connectivity index (χ0) is 20.1. The number of rotatable bonds is 3. The predicted molar refractivity (Wildman–Crippen MR) is 101 cm³/mol. The van der Waals surface area contributed by atoms with Crippen LogP contribution in [-0.4, -0.2) is 62.8 Å². The Balaban J connectivity index is 1.71. The van der Waals surface area contributed by atoms with Gasteiger partial charge in [-0.15, -0.1) is 0 Å². The highest BCUT2D eigenvalue weighted by molar-refractivity contribution is 5.04. The zero-order valence-electron chi connectivity index (χ0n) is 17.3. The highest BCUT2D eigenvalue weighted by Crippen LogP contribution is 2.59. The molecule has 27 heavy (non-hydrogen) atoms. The van der Waals surface area contributed by atoms with Crippen LogP contribution in [0.5, 0.6) is 0 Å². The lowest BCUT2D eigenvalue weighted by atomic mass is 9.58. The minimum Gasteiger partial charge on any atom is -0.393 e. The van der Waals surface area contributed by atoms with Gasteiger partial charge in [-0.3, -0.25) is 0 Å². The Bertz CT molecular complexity index is 525. The molecular weight excluding hydrogens is 348 g/mol. The van der Waals surface area contributed by atoms with Crippen LogP contribution in [0.1, 0.15) is 66.7 Å². The van der Waals surface area contributed by atoms with Gasteiger partial charge in [0.2, 0.25) is 0 Å². The van der Waals surface area contributed by atoms with Crippen LogP contribution in [0.3, 0.4) is 0 Å². The maximum atomic E-state index is 10.5. The number of ether oxygens (including phenoxy) is 2. The monoisotopic (exact) mass is 386 g/mol. The molecule has 0 aromatic heterocycles. The lowest BCUT2D eigenvalue weighted by molar-refractivity contribution is -0.322. The second kappa shape index (κ2) is 7.54. The molecule has 1 saturated heterocycles.